The highest BCUT2D eigenvalue weighted by Gasteiger charge is 2.11. The quantitative estimate of drug-likeness (QED) is 0.532. The summed E-state index contributed by atoms with van der Waals surface area (Å²) < 4.78 is 0. The number of carbonyl (C=O) groups excluding carboxylic acids is 1. The van der Waals surface area contributed by atoms with Crippen LogP contribution in [-0.4, -0.2) is 35.1 Å². The number of rotatable bonds is 5. The Hall–Kier alpha value is -2.31. The minimum Gasteiger partial charge on any atom is -0.478 e. The Balaban J connectivity index is 2.62. The molecular weight excluding hydrogens is 224 g/mol. The van der Waals surface area contributed by atoms with Gasteiger partial charge in [0.25, 0.3) is 0 Å². The van der Waals surface area contributed by atoms with Gasteiger partial charge in [-0.05, 0) is 6.07 Å². The van der Waals surface area contributed by atoms with Gasteiger partial charge >= 0.3 is 5.97 Å². The maximum Gasteiger partial charge on any atom is 0.337 e. The zero-order chi connectivity index (χ0) is 12.8. The van der Waals surface area contributed by atoms with E-state index in [4.69, 9.17) is 10.8 Å². The summed E-state index contributed by atoms with van der Waals surface area (Å²) in [6.07, 6.45) is 1.36. The third-order valence-electron chi connectivity index (χ3n) is 2.01. The molecule has 7 nitrogen and oxygen atoms in total. The van der Waals surface area contributed by atoms with Crippen molar-refractivity contribution in [3.8, 4) is 0 Å². The average molecular weight is 238 g/mol. The van der Waals surface area contributed by atoms with E-state index in [0.717, 1.165) is 0 Å². The number of amides is 1. The fraction of sp³-hybridized carbons (Fsp3) is 0.300. The highest BCUT2D eigenvalue weighted by molar-refractivity contribution is 5.96. The standard InChI is InChI=1S/C10H14N4O3/c1-6(15)12-4-5-14-9-8(11)7(10(16)17)2-3-13-9/h2-3H,4-5,11H2,1H3,(H,12,15)(H,13,14)(H,16,17). The summed E-state index contributed by atoms with van der Waals surface area (Å²) in [5, 5.41) is 14.3. The fourth-order valence-corrected chi connectivity index (χ4v) is 1.22. The first-order valence-electron chi connectivity index (χ1n) is 4.98. The summed E-state index contributed by atoms with van der Waals surface area (Å²) in [6.45, 7) is 2.24. The maximum absolute atomic E-state index is 10.8. The van der Waals surface area contributed by atoms with Gasteiger partial charge in [0.1, 0.15) is 5.82 Å². The largest absolute Gasteiger partial charge is 0.478 e. The first kappa shape index (κ1) is 12.8. The molecule has 0 bridgehead atoms. The number of hydrogen-bond donors (Lipinski definition) is 4. The molecule has 0 aliphatic carbocycles. The zero-order valence-corrected chi connectivity index (χ0v) is 9.36. The number of nitrogen functional groups attached to an aromatic ring is 1. The number of anilines is 2. The van der Waals surface area contributed by atoms with E-state index < -0.39 is 5.97 Å². The molecular formula is C10H14N4O3. The fourth-order valence-electron chi connectivity index (χ4n) is 1.22. The summed E-state index contributed by atoms with van der Waals surface area (Å²) in [4.78, 5) is 25.3. The second-order valence-corrected chi connectivity index (χ2v) is 3.34. The molecule has 92 valence electrons. The van der Waals surface area contributed by atoms with Crippen LogP contribution >= 0.6 is 0 Å². The molecule has 0 spiro atoms. The number of hydrogen-bond acceptors (Lipinski definition) is 5. The number of aromatic carboxylic acids is 1. The summed E-state index contributed by atoms with van der Waals surface area (Å²) in [6, 6.07) is 1.33. The third kappa shape index (κ3) is 3.63. The zero-order valence-electron chi connectivity index (χ0n) is 9.36. The van der Waals surface area contributed by atoms with Crippen LogP contribution < -0.4 is 16.4 Å². The predicted molar refractivity (Wildman–Crippen MR) is 62.8 cm³/mol. The SMILES string of the molecule is CC(=O)NCCNc1nccc(C(=O)O)c1N. The van der Waals surface area contributed by atoms with Crippen molar-refractivity contribution >= 4 is 23.4 Å². The average Bonchev–Trinajstić information content (AvgIpc) is 2.25. The molecule has 17 heavy (non-hydrogen) atoms. The van der Waals surface area contributed by atoms with Gasteiger partial charge in [-0.15, -0.1) is 0 Å². The van der Waals surface area contributed by atoms with E-state index in [9.17, 15) is 9.59 Å². The lowest BCUT2D eigenvalue weighted by molar-refractivity contribution is -0.118. The first-order chi connectivity index (χ1) is 8.02. The summed E-state index contributed by atoms with van der Waals surface area (Å²) >= 11 is 0. The van der Waals surface area contributed by atoms with E-state index in [0.29, 0.717) is 18.9 Å². The van der Waals surface area contributed by atoms with Crippen LogP contribution in [0.5, 0.6) is 0 Å². The lowest BCUT2D eigenvalue weighted by Crippen LogP contribution is -2.26. The number of nitrogens with one attached hydrogen (secondary N) is 2. The van der Waals surface area contributed by atoms with E-state index in [1.54, 1.807) is 0 Å². The molecule has 0 saturated carbocycles. The van der Waals surface area contributed by atoms with E-state index in [-0.39, 0.29) is 17.2 Å². The van der Waals surface area contributed by atoms with Crippen molar-refractivity contribution in [3.05, 3.63) is 17.8 Å². The number of carboxylic acids is 1. The van der Waals surface area contributed by atoms with E-state index >= 15 is 0 Å². The van der Waals surface area contributed by atoms with E-state index in [2.05, 4.69) is 15.6 Å². The van der Waals surface area contributed by atoms with E-state index in [1.165, 1.54) is 19.2 Å². The molecule has 0 aliphatic rings. The number of carbonyl (C=O) groups is 2. The molecule has 5 N–H and O–H groups in total. The minimum atomic E-state index is -1.10. The number of pyridine rings is 1. The van der Waals surface area contributed by atoms with Crippen LogP contribution in [0.15, 0.2) is 12.3 Å². The second kappa shape index (κ2) is 5.69. The summed E-state index contributed by atoms with van der Waals surface area (Å²) in [5.74, 6) is -0.933. The van der Waals surface area contributed by atoms with Gasteiger partial charge in [0.15, 0.2) is 0 Å². The van der Waals surface area contributed by atoms with Crippen LogP contribution in [0, 0.1) is 0 Å². The van der Waals surface area contributed by atoms with E-state index in [1.807, 2.05) is 0 Å². The Morgan fingerprint density at radius 1 is 1.47 bits per heavy atom. The van der Waals surface area contributed by atoms with Crippen molar-refractivity contribution in [1.82, 2.24) is 10.3 Å². The van der Waals surface area contributed by atoms with Crippen LogP contribution in [0.1, 0.15) is 17.3 Å². The lowest BCUT2D eigenvalue weighted by atomic mass is 10.2. The smallest absolute Gasteiger partial charge is 0.337 e. The first-order valence-corrected chi connectivity index (χ1v) is 4.98. The van der Waals surface area contributed by atoms with Gasteiger partial charge in [-0.3, -0.25) is 4.79 Å². The molecule has 0 radical (unpaired) electrons. The van der Waals surface area contributed by atoms with Gasteiger partial charge in [0.2, 0.25) is 5.91 Å². The van der Waals surface area contributed by atoms with Gasteiger partial charge in [-0.1, -0.05) is 0 Å². The number of nitrogens with zero attached hydrogens (tertiary/aromatic N) is 1. The highest BCUT2D eigenvalue weighted by Crippen LogP contribution is 2.19. The van der Waals surface area contributed by atoms with Crippen molar-refractivity contribution in [2.45, 2.75) is 6.92 Å². The molecule has 7 heteroatoms. The Kier molecular flexibility index (Phi) is 4.27. The van der Waals surface area contributed by atoms with Crippen molar-refractivity contribution in [1.29, 1.82) is 0 Å². The van der Waals surface area contributed by atoms with Gasteiger partial charge in [0, 0.05) is 26.2 Å². The topological polar surface area (TPSA) is 117 Å². The molecule has 1 amide bonds. The third-order valence-corrected chi connectivity index (χ3v) is 2.01. The second-order valence-electron chi connectivity index (χ2n) is 3.34. The molecule has 0 aliphatic heterocycles. The van der Waals surface area contributed by atoms with Crippen molar-refractivity contribution in [3.63, 3.8) is 0 Å². The summed E-state index contributed by atoms with van der Waals surface area (Å²) in [5.41, 5.74) is 5.72. The molecule has 1 aromatic rings. The number of nitrogens with two attached hydrogens (primary N) is 1. The highest BCUT2D eigenvalue weighted by atomic mass is 16.4. The van der Waals surface area contributed by atoms with Crippen LogP contribution in [0.25, 0.3) is 0 Å². The summed E-state index contributed by atoms with van der Waals surface area (Å²) in [7, 11) is 0. The molecule has 0 unspecified atom stereocenters. The minimum absolute atomic E-state index is 0.00188. The maximum atomic E-state index is 10.8. The van der Waals surface area contributed by atoms with Crippen molar-refractivity contribution < 1.29 is 14.7 Å². The van der Waals surface area contributed by atoms with Crippen LogP contribution in [-0.2, 0) is 4.79 Å². The van der Waals surface area contributed by atoms with Gasteiger partial charge in [-0.25, -0.2) is 9.78 Å². The molecule has 1 rings (SSSR count). The van der Waals surface area contributed by atoms with Gasteiger partial charge < -0.3 is 21.5 Å². The Labute approximate surface area is 98.0 Å². The molecule has 0 aromatic carbocycles. The molecule has 0 atom stereocenters. The monoisotopic (exact) mass is 238 g/mol. The normalized spacial score (nSPS) is 9.71. The van der Waals surface area contributed by atoms with Gasteiger partial charge in [-0.2, -0.15) is 0 Å². The number of aromatic nitrogens is 1. The van der Waals surface area contributed by atoms with Crippen molar-refractivity contribution in [2.75, 3.05) is 24.1 Å². The van der Waals surface area contributed by atoms with Gasteiger partial charge in [0.05, 0.1) is 11.3 Å². The Morgan fingerprint density at radius 2 is 2.18 bits per heavy atom. The lowest BCUT2D eigenvalue weighted by Gasteiger charge is -2.09. The molecule has 1 aromatic heterocycles. The van der Waals surface area contributed by atoms with Crippen LogP contribution in [0.4, 0.5) is 11.5 Å². The Bertz CT molecular complexity index is 434. The predicted octanol–water partition coefficient (Wildman–Crippen LogP) is -0.0900. The molecule has 0 fully saturated rings. The molecule has 0 saturated heterocycles. The van der Waals surface area contributed by atoms with Crippen LogP contribution in [0.3, 0.4) is 0 Å². The van der Waals surface area contributed by atoms with Crippen molar-refractivity contribution in [2.24, 2.45) is 0 Å². The molecule has 1 heterocycles. The number of carboxylic acid groups (broad SMARTS) is 1. The Morgan fingerprint density at radius 3 is 2.76 bits per heavy atom. The van der Waals surface area contributed by atoms with Crippen LogP contribution in [0.2, 0.25) is 0 Å².